The van der Waals surface area contributed by atoms with Crippen LogP contribution >= 0.6 is 0 Å². The summed E-state index contributed by atoms with van der Waals surface area (Å²) in [6, 6.07) is 12.3. The monoisotopic (exact) mass is 392 g/mol. The van der Waals surface area contributed by atoms with E-state index in [2.05, 4.69) is 37.2 Å². The van der Waals surface area contributed by atoms with Gasteiger partial charge >= 0.3 is 0 Å². The average Bonchev–Trinajstić information content (AvgIpc) is 3.48. The van der Waals surface area contributed by atoms with Gasteiger partial charge in [0.25, 0.3) is 0 Å². The van der Waals surface area contributed by atoms with Crippen LogP contribution in [0.5, 0.6) is 0 Å². The van der Waals surface area contributed by atoms with Crippen molar-refractivity contribution in [1.82, 2.24) is 29.8 Å². The van der Waals surface area contributed by atoms with Crippen molar-refractivity contribution in [2.75, 3.05) is 19.6 Å². The molecular formula is C21H24N6O2. The molecule has 1 amide bonds. The number of hydrogen-bond acceptors (Lipinski definition) is 6. The zero-order valence-corrected chi connectivity index (χ0v) is 16.4. The molecule has 29 heavy (non-hydrogen) atoms. The zero-order valence-electron chi connectivity index (χ0n) is 16.4. The lowest BCUT2D eigenvalue weighted by Gasteiger charge is -2.30. The fraction of sp³-hybridized carbons (Fsp3) is 0.429. The maximum atomic E-state index is 13.1. The number of fused-ring (bicyclic) bond motifs is 1. The molecular weight excluding hydrogens is 368 g/mol. The van der Waals surface area contributed by atoms with Crippen LogP contribution in [-0.2, 0) is 17.9 Å². The number of carbonyl (C=O) groups excluding carboxylic acids is 1. The molecule has 2 aliphatic rings. The normalized spacial score (nSPS) is 24.2. The largest absolute Gasteiger partial charge is 0.424 e. The molecule has 5 rings (SSSR count). The Morgan fingerprint density at radius 3 is 2.72 bits per heavy atom. The van der Waals surface area contributed by atoms with E-state index in [0.717, 1.165) is 19.6 Å². The van der Waals surface area contributed by atoms with Gasteiger partial charge in [0.15, 0.2) is 0 Å². The van der Waals surface area contributed by atoms with E-state index in [1.54, 1.807) is 10.9 Å². The minimum atomic E-state index is 0.0821. The number of amides is 1. The van der Waals surface area contributed by atoms with Gasteiger partial charge in [-0.3, -0.25) is 14.4 Å². The summed E-state index contributed by atoms with van der Waals surface area (Å²) >= 11 is 0. The molecule has 3 atom stereocenters. The van der Waals surface area contributed by atoms with E-state index in [-0.39, 0.29) is 18.5 Å². The second-order valence-electron chi connectivity index (χ2n) is 7.94. The smallest absolute Gasteiger partial charge is 0.244 e. The molecule has 8 nitrogen and oxygen atoms in total. The molecule has 8 heteroatoms. The highest BCUT2D eigenvalue weighted by Crippen LogP contribution is 2.45. The molecule has 0 spiro atoms. The molecule has 2 saturated heterocycles. The van der Waals surface area contributed by atoms with E-state index in [4.69, 9.17) is 4.42 Å². The lowest BCUT2D eigenvalue weighted by atomic mass is 9.89. The molecule has 150 valence electrons. The van der Waals surface area contributed by atoms with Gasteiger partial charge in [0.2, 0.25) is 17.7 Å². The van der Waals surface area contributed by atoms with Gasteiger partial charge in [0, 0.05) is 44.9 Å². The molecule has 3 aromatic rings. The van der Waals surface area contributed by atoms with Gasteiger partial charge in [0.05, 0.1) is 12.6 Å². The van der Waals surface area contributed by atoms with Crippen LogP contribution in [0.4, 0.5) is 0 Å². The SMILES string of the molecule is Cc1nnc(CN2C[C@H]3CN(C(=O)Cn4cccn4)[C@H](c4ccccc4)[C@H]3C2)o1. The summed E-state index contributed by atoms with van der Waals surface area (Å²) in [6.07, 6.45) is 3.54. The molecule has 2 aliphatic heterocycles. The van der Waals surface area contributed by atoms with Crippen LogP contribution in [0.15, 0.2) is 53.2 Å². The second kappa shape index (κ2) is 7.44. The number of aromatic nitrogens is 4. The third kappa shape index (κ3) is 3.55. The van der Waals surface area contributed by atoms with E-state index in [1.165, 1.54) is 5.56 Å². The molecule has 0 bridgehead atoms. The van der Waals surface area contributed by atoms with Gasteiger partial charge in [-0.2, -0.15) is 5.10 Å². The number of likely N-dealkylation sites (tertiary alicyclic amines) is 2. The second-order valence-corrected chi connectivity index (χ2v) is 7.94. The van der Waals surface area contributed by atoms with E-state index in [1.807, 2.05) is 37.4 Å². The topological polar surface area (TPSA) is 80.3 Å². The van der Waals surface area contributed by atoms with Crippen LogP contribution in [0.3, 0.4) is 0 Å². The van der Waals surface area contributed by atoms with Crippen LogP contribution in [0, 0.1) is 18.8 Å². The van der Waals surface area contributed by atoms with Crippen LogP contribution < -0.4 is 0 Å². The predicted octanol–water partition coefficient (Wildman–Crippen LogP) is 1.91. The highest BCUT2D eigenvalue weighted by Gasteiger charge is 2.49. The first-order valence-corrected chi connectivity index (χ1v) is 10.0. The Bertz CT molecular complexity index is 970. The van der Waals surface area contributed by atoms with Gasteiger partial charge in [-0.1, -0.05) is 30.3 Å². The highest BCUT2D eigenvalue weighted by atomic mass is 16.4. The van der Waals surface area contributed by atoms with Crippen LogP contribution in [0.2, 0.25) is 0 Å². The summed E-state index contributed by atoms with van der Waals surface area (Å²) < 4.78 is 7.26. The molecule has 0 aliphatic carbocycles. The quantitative estimate of drug-likeness (QED) is 0.660. The number of benzene rings is 1. The molecule has 0 saturated carbocycles. The first-order chi connectivity index (χ1) is 14.2. The van der Waals surface area contributed by atoms with Gasteiger partial charge in [0.1, 0.15) is 6.54 Å². The fourth-order valence-electron chi connectivity index (χ4n) is 4.82. The number of nitrogens with zero attached hydrogens (tertiary/aromatic N) is 6. The predicted molar refractivity (Wildman–Crippen MR) is 104 cm³/mol. The van der Waals surface area contributed by atoms with Gasteiger partial charge < -0.3 is 9.32 Å². The van der Waals surface area contributed by atoms with Crippen molar-refractivity contribution in [3.05, 3.63) is 66.1 Å². The summed E-state index contributed by atoms with van der Waals surface area (Å²) in [5.74, 6) is 2.20. The van der Waals surface area contributed by atoms with Gasteiger partial charge in [-0.05, 0) is 17.5 Å². The van der Waals surface area contributed by atoms with Crippen molar-refractivity contribution in [1.29, 1.82) is 0 Å². The van der Waals surface area contributed by atoms with Crippen molar-refractivity contribution in [2.24, 2.45) is 11.8 Å². The number of rotatable bonds is 5. The molecule has 0 unspecified atom stereocenters. The van der Waals surface area contributed by atoms with Crippen LogP contribution in [0.1, 0.15) is 23.4 Å². The average molecular weight is 392 g/mol. The van der Waals surface area contributed by atoms with Crippen molar-refractivity contribution < 1.29 is 9.21 Å². The number of carbonyl (C=O) groups is 1. The third-order valence-electron chi connectivity index (χ3n) is 5.98. The maximum absolute atomic E-state index is 13.1. The molecule has 2 fully saturated rings. The Morgan fingerprint density at radius 1 is 1.14 bits per heavy atom. The summed E-state index contributed by atoms with van der Waals surface area (Å²) in [6.45, 7) is 5.36. The lowest BCUT2D eigenvalue weighted by Crippen LogP contribution is -2.37. The van der Waals surface area contributed by atoms with E-state index in [0.29, 0.717) is 30.2 Å². The van der Waals surface area contributed by atoms with Crippen molar-refractivity contribution >= 4 is 5.91 Å². The van der Waals surface area contributed by atoms with E-state index < -0.39 is 0 Å². The Balaban J connectivity index is 1.36. The first kappa shape index (κ1) is 18.1. The lowest BCUT2D eigenvalue weighted by molar-refractivity contribution is -0.133. The zero-order chi connectivity index (χ0) is 19.8. The van der Waals surface area contributed by atoms with Crippen molar-refractivity contribution in [2.45, 2.75) is 26.1 Å². The Hall–Kier alpha value is -3.00. The highest BCUT2D eigenvalue weighted by molar-refractivity contribution is 5.77. The molecule has 0 N–H and O–H groups in total. The van der Waals surface area contributed by atoms with E-state index >= 15 is 0 Å². The maximum Gasteiger partial charge on any atom is 0.244 e. The standard InChI is InChI=1S/C21H24N6O2/c1-15-23-24-19(29-15)13-25-10-17-11-27(20(28)14-26-9-5-8-22-26)21(18(17)12-25)16-6-3-2-4-7-16/h2-9,17-18,21H,10-14H2,1H3/t17-,18-,21+/m0/s1. The minimum absolute atomic E-state index is 0.0821. The molecule has 0 radical (unpaired) electrons. The van der Waals surface area contributed by atoms with Crippen molar-refractivity contribution in [3.63, 3.8) is 0 Å². The summed E-state index contributed by atoms with van der Waals surface area (Å²) in [7, 11) is 0. The Labute approximate surface area is 169 Å². The fourth-order valence-corrected chi connectivity index (χ4v) is 4.82. The molecule has 2 aromatic heterocycles. The van der Waals surface area contributed by atoms with Gasteiger partial charge in [-0.25, -0.2) is 0 Å². The Morgan fingerprint density at radius 2 is 2.00 bits per heavy atom. The summed E-state index contributed by atoms with van der Waals surface area (Å²) in [5, 5.41) is 12.3. The number of aryl methyl sites for hydroxylation is 1. The summed E-state index contributed by atoms with van der Waals surface area (Å²) in [5.41, 5.74) is 1.20. The van der Waals surface area contributed by atoms with Gasteiger partial charge in [-0.15, -0.1) is 10.2 Å². The first-order valence-electron chi connectivity index (χ1n) is 10.0. The van der Waals surface area contributed by atoms with Crippen LogP contribution in [-0.4, -0.2) is 55.3 Å². The number of hydrogen-bond donors (Lipinski definition) is 0. The van der Waals surface area contributed by atoms with Crippen LogP contribution in [0.25, 0.3) is 0 Å². The van der Waals surface area contributed by atoms with Crippen molar-refractivity contribution in [3.8, 4) is 0 Å². The molecule has 1 aromatic carbocycles. The Kier molecular flexibility index (Phi) is 4.63. The molecule has 4 heterocycles. The third-order valence-corrected chi connectivity index (χ3v) is 5.98. The minimum Gasteiger partial charge on any atom is -0.424 e. The summed E-state index contributed by atoms with van der Waals surface area (Å²) in [4.78, 5) is 17.5. The van der Waals surface area contributed by atoms with E-state index in [9.17, 15) is 4.79 Å².